The zero-order valence-electron chi connectivity index (χ0n) is 22.0. The monoisotopic (exact) mass is 460 g/mol. The molecule has 2 spiro atoms. The fourth-order valence-corrected chi connectivity index (χ4v) is 8.97. The summed E-state index contributed by atoms with van der Waals surface area (Å²) in [7, 11) is 0. The van der Waals surface area contributed by atoms with Gasteiger partial charge in [0, 0.05) is 0 Å². The molecule has 2 heteroatoms. The summed E-state index contributed by atoms with van der Waals surface area (Å²) < 4.78 is 16.1. The van der Waals surface area contributed by atoms with E-state index in [1.54, 1.807) is 0 Å². The summed E-state index contributed by atoms with van der Waals surface area (Å²) in [6, 6.07) is 0. The van der Waals surface area contributed by atoms with Crippen molar-refractivity contribution in [2.75, 3.05) is 0 Å². The number of alkyl halides is 1. The lowest BCUT2D eigenvalue weighted by molar-refractivity contribution is -0.205. The van der Waals surface area contributed by atoms with E-state index in [0.717, 1.165) is 82.0 Å². The Bertz CT molecular complexity index is 614. The van der Waals surface area contributed by atoms with Crippen LogP contribution >= 0.6 is 0 Å². The molecule has 1 nitrogen and oxygen atoms in total. The van der Waals surface area contributed by atoms with Crippen molar-refractivity contribution in [2.45, 2.75) is 155 Å². The second-order valence-electron chi connectivity index (χ2n) is 12.8. The second kappa shape index (κ2) is 11.6. The van der Waals surface area contributed by atoms with Gasteiger partial charge in [0.15, 0.2) is 5.78 Å². The van der Waals surface area contributed by atoms with Crippen molar-refractivity contribution in [1.29, 1.82) is 0 Å². The van der Waals surface area contributed by atoms with E-state index in [1.165, 1.54) is 70.6 Å². The quantitative estimate of drug-likeness (QED) is 0.296. The summed E-state index contributed by atoms with van der Waals surface area (Å²) in [5, 5.41) is 0. The van der Waals surface area contributed by atoms with Gasteiger partial charge in [-0.3, -0.25) is 4.79 Å². The number of carbonyl (C=O) groups excluding carboxylic acids is 1. The van der Waals surface area contributed by atoms with E-state index >= 15 is 4.39 Å². The normalized spacial score (nSPS) is 38.5. The lowest BCUT2D eigenvalue weighted by Gasteiger charge is -2.64. The third-order valence-electron chi connectivity index (χ3n) is 11.0. The van der Waals surface area contributed by atoms with E-state index in [4.69, 9.17) is 0 Å². The number of Topliss-reactive ketones (excluding diaryl/α,β-unsaturated/α-hetero) is 1. The molecule has 1 unspecified atom stereocenters. The van der Waals surface area contributed by atoms with Crippen molar-refractivity contribution >= 4 is 5.78 Å². The van der Waals surface area contributed by atoms with Crippen LogP contribution in [-0.2, 0) is 4.79 Å². The summed E-state index contributed by atoms with van der Waals surface area (Å²) in [4.78, 5) is 13.8. The second-order valence-corrected chi connectivity index (χ2v) is 12.8. The van der Waals surface area contributed by atoms with Crippen molar-refractivity contribution in [1.82, 2.24) is 0 Å². The van der Waals surface area contributed by atoms with Crippen LogP contribution in [0, 0.1) is 34.5 Å². The van der Waals surface area contributed by atoms with Gasteiger partial charge in [-0.05, 0) is 75.0 Å². The molecule has 4 rings (SSSR count). The molecule has 0 aromatic carbocycles. The predicted molar refractivity (Wildman–Crippen MR) is 137 cm³/mol. The van der Waals surface area contributed by atoms with E-state index in [0.29, 0.717) is 11.7 Å². The molecule has 4 atom stereocenters. The maximum Gasteiger partial charge on any atom is 0.151 e. The molecule has 4 fully saturated rings. The van der Waals surface area contributed by atoms with Crippen molar-refractivity contribution in [3.8, 4) is 0 Å². The van der Waals surface area contributed by atoms with Gasteiger partial charge in [-0.15, -0.1) is 0 Å². The van der Waals surface area contributed by atoms with E-state index in [2.05, 4.69) is 13.8 Å². The Morgan fingerprint density at radius 3 is 2.12 bits per heavy atom. The first-order valence-electron chi connectivity index (χ1n) is 15.3. The zero-order chi connectivity index (χ0) is 23.3. The van der Waals surface area contributed by atoms with Crippen LogP contribution < -0.4 is 0 Å². The van der Waals surface area contributed by atoms with Crippen LogP contribution in [0.3, 0.4) is 0 Å². The largest absolute Gasteiger partial charge is 0.298 e. The molecule has 190 valence electrons. The molecule has 4 saturated carbocycles. The molecule has 0 amide bonds. The molecule has 4 aliphatic rings. The van der Waals surface area contributed by atoms with Crippen LogP contribution in [-0.4, -0.2) is 12.0 Å². The number of rotatable bonds is 10. The smallest absolute Gasteiger partial charge is 0.151 e. The minimum Gasteiger partial charge on any atom is -0.298 e. The van der Waals surface area contributed by atoms with Crippen LogP contribution in [0.2, 0.25) is 0 Å². The molecule has 0 bridgehead atoms. The number of hydrogen-bond donors (Lipinski definition) is 0. The van der Waals surface area contributed by atoms with Crippen LogP contribution in [0.25, 0.3) is 0 Å². The molecule has 0 aliphatic heterocycles. The van der Waals surface area contributed by atoms with Gasteiger partial charge >= 0.3 is 0 Å². The van der Waals surface area contributed by atoms with Gasteiger partial charge in [0.25, 0.3) is 0 Å². The molecule has 0 saturated heterocycles. The first-order chi connectivity index (χ1) is 16.1. The fourth-order valence-electron chi connectivity index (χ4n) is 8.97. The average molecular weight is 461 g/mol. The van der Waals surface area contributed by atoms with Gasteiger partial charge in [0.05, 0.1) is 10.8 Å². The van der Waals surface area contributed by atoms with Crippen molar-refractivity contribution in [3.63, 3.8) is 0 Å². The van der Waals surface area contributed by atoms with Crippen LogP contribution in [0.4, 0.5) is 4.39 Å². The van der Waals surface area contributed by atoms with E-state index in [-0.39, 0.29) is 0 Å². The molecule has 0 aromatic rings. The standard InChI is InChI=1S/C31H53FO/c1-3-5-7-8-10-13-24-15-17-25(18-16-24)26-19-22-31(27(23-26)14-6-4-2)28(32)30(29(31)33)20-11-9-12-21-30/h24-28H,3-23H2,1-2H3/t24?,25?,26?,27-,28-,31+/m1/s1. The Morgan fingerprint density at radius 2 is 1.45 bits per heavy atom. The first kappa shape index (κ1) is 25.7. The lowest BCUT2D eigenvalue weighted by atomic mass is 9.39. The van der Waals surface area contributed by atoms with Gasteiger partial charge in [0.1, 0.15) is 6.17 Å². The highest BCUT2D eigenvalue weighted by Crippen LogP contribution is 2.68. The minimum atomic E-state index is -0.843. The molecular weight excluding hydrogens is 407 g/mol. The van der Waals surface area contributed by atoms with E-state index < -0.39 is 17.0 Å². The minimum absolute atomic E-state index is 0.322. The highest BCUT2D eigenvalue weighted by molar-refractivity contribution is 5.99. The van der Waals surface area contributed by atoms with E-state index in [1.807, 2.05) is 0 Å². The summed E-state index contributed by atoms with van der Waals surface area (Å²) in [5.74, 6) is 3.27. The van der Waals surface area contributed by atoms with Crippen molar-refractivity contribution in [2.24, 2.45) is 34.5 Å². The van der Waals surface area contributed by atoms with Gasteiger partial charge in [-0.25, -0.2) is 4.39 Å². The zero-order valence-corrected chi connectivity index (χ0v) is 22.0. The highest BCUT2D eigenvalue weighted by Gasteiger charge is 2.73. The summed E-state index contributed by atoms with van der Waals surface area (Å²) in [6.07, 6.45) is 24.8. The first-order valence-corrected chi connectivity index (χ1v) is 15.3. The van der Waals surface area contributed by atoms with Gasteiger partial charge in [-0.2, -0.15) is 0 Å². The third kappa shape index (κ3) is 4.97. The predicted octanol–water partition coefficient (Wildman–Crippen LogP) is 9.62. The SMILES string of the molecule is CCCCCCCC1CCC(C2CC[C@]3(C(=O)C4(CCCCC4)[C@H]3F)[C@H](CCCC)C2)CC1. The summed E-state index contributed by atoms with van der Waals surface area (Å²) in [6.45, 7) is 4.54. The number of halogens is 1. The van der Waals surface area contributed by atoms with Crippen LogP contribution in [0.15, 0.2) is 0 Å². The third-order valence-corrected chi connectivity index (χ3v) is 11.0. The highest BCUT2D eigenvalue weighted by atomic mass is 19.1. The molecule has 0 radical (unpaired) electrons. The number of carbonyl (C=O) groups is 1. The average Bonchev–Trinajstić information content (AvgIpc) is 2.87. The lowest BCUT2D eigenvalue weighted by Crippen LogP contribution is -2.71. The summed E-state index contributed by atoms with van der Waals surface area (Å²) >= 11 is 0. The fraction of sp³-hybridized carbons (Fsp3) is 0.968. The molecule has 0 N–H and O–H groups in total. The number of ketones is 1. The van der Waals surface area contributed by atoms with E-state index in [9.17, 15) is 4.79 Å². The molecule has 4 aliphatic carbocycles. The Hall–Kier alpha value is -0.400. The topological polar surface area (TPSA) is 17.1 Å². The summed E-state index contributed by atoms with van der Waals surface area (Å²) in [5.41, 5.74) is -1.15. The van der Waals surface area contributed by atoms with Crippen LogP contribution in [0.1, 0.15) is 149 Å². The van der Waals surface area contributed by atoms with Gasteiger partial charge < -0.3 is 0 Å². The van der Waals surface area contributed by atoms with Gasteiger partial charge in [-0.1, -0.05) is 97.3 Å². The Balaban J connectivity index is 1.32. The Labute approximate surface area is 204 Å². The van der Waals surface area contributed by atoms with Crippen LogP contribution in [0.5, 0.6) is 0 Å². The van der Waals surface area contributed by atoms with Crippen molar-refractivity contribution in [3.05, 3.63) is 0 Å². The molecule has 0 heterocycles. The molecule has 33 heavy (non-hydrogen) atoms. The molecular formula is C31H53FO. The Morgan fingerprint density at radius 1 is 0.758 bits per heavy atom. The number of unbranched alkanes of at least 4 members (excludes halogenated alkanes) is 5. The van der Waals surface area contributed by atoms with Crippen molar-refractivity contribution < 1.29 is 9.18 Å². The number of hydrogen-bond acceptors (Lipinski definition) is 1. The maximum atomic E-state index is 16.1. The maximum absolute atomic E-state index is 16.1. The molecule has 0 aromatic heterocycles. The Kier molecular flexibility index (Phi) is 9.00. The van der Waals surface area contributed by atoms with Gasteiger partial charge in [0.2, 0.25) is 0 Å².